The molecule has 0 atom stereocenters. The minimum absolute atomic E-state index is 0.0785. The van der Waals surface area contributed by atoms with E-state index in [1.165, 1.54) is 31.4 Å². The fraction of sp³-hybridized carbons (Fsp3) is 0.200. The molecule has 10 heteroatoms. The van der Waals surface area contributed by atoms with E-state index in [0.717, 1.165) is 16.7 Å². The van der Waals surface area contributed by atoms with Gasteiger partial charge in [-0.05, 0) is 59.8 Å². The van der Waals surface area contributed by atoms with Crippen molar-refractivity contribution in [3.63, 3.8) is 0 Å². The van der Waals surface area contributed by atoms with Gasteiger partial charge in [-0.25, -0.2) is 0 Å². The van der Waals surface area contributed by atoms with E-state index in [4.69, 9.17) is 21.1 Å². The molecule has 0 unspecified atom stereocenters. The molecule has 2 aromatic rings. The number of rotatable bonds is 8. The van der Waals surface area contributed by atoms with E-state index in [9.17, 15) is 18.4 Å². The Hall–Kier alpha value is -2.78. The van der Waals surface area contributed by atoms with E-state index in [2.05, 4.69) is 4.74 Å². The van der Waals surface area contributed by atoms with Gasteiger partial charge in [-0.15, -0.1) is 0 Å². The van der Waals surface area contributed by atoms with Crippen LogP contribution in [0.4, 0.5) is 13.6 Å². The number of hydrogen-bond donors (Lipinski definition) is 0. The van der Waals surface area contributed by atoms with Crippen molar-refractivity contribution in [1.82, 2.24) is 4.90 Å². The Labute approximate surface area is 180 Å². The fourth-order valence-corrected chi connectivity index (χ4v) is 3.59. The number of amides is 2. The number of carbonyl (C=O) groups excluding carboxylic acids is 2. The third-order valence-electron chi connectivity index (χ3n) is 3.97. The predicted octanol–water partition coefficient (Wildman–Crippen LogP) is 5.07. The highest BCUT2D eigenvalue weighted by Crippen LogP contribution is 2.35. The van der Waals surface area contributed by atoms with E-state index in [1.807, 2.05) is 0 Å². The molecule has 1 saturated heterocycles. The lowest BCUT2D eigenvalue weighted by atomic mass is 10.2. The lowest BCUT2D eigenvalue weighted by molar-refractivity contribution is -0.123. The van der Waals surface area contributed by atoms with Crippen LogP contribution >= 0.6 is 23.4 Å². The first-order valence-electron chi connectivity index (χ1n) is 8.64. The van der Waals surface area contributed by atoms with Gasteiger partial charge in [0.1, 0.15) is 12.4 Å². The zero-order valence-electron chi connectivity index (χ0n) is 15.6. The van der Waals surface area contributed by atoms with E-state index in [0.29, 0.717) is 16.3 Å². The lowest BCUT2D eigenvalue weighted by Gasteiger charge is -2.13. The molecule has 0 saturated carbocycles. The van der Waals surface area contributed by atoms with Gasteiger partial charge < -0.3 is 14.2 Å². The molecule has 0 spiro atoms. The summed E-state index contributed by atoms with van der Waals surface area (Å²) in [5.74, 6) is 0.0634. The maximum absolute atomic E-state index is 12.6. The molecule has 3 rings (SSSR count). The molecule has 6 nitrogen and oxygen atoms in total. The Morgan fingerprint density at radius 3 is 2.53 bits per heavy atom. The molecular weight excluding hydrogens is 440 g/mol. The molecule has 0 N–H and O–H groups in total. The molecule has 158 valence electrons. The van der Waals surface area contributed by atoms with Crippen molar-refractivity contribution in [3.8, 4) is 17.2 Å². The first-order chi connectivity index (χ1) is 14.4. The van der Waals surface area contributed by atoms with Crippen LogP contribution < -0.4 is 14.2 Å². The second-order valence-corrected chi connectivity index (χ2v) is 7.35. The first-order valence-corrected chi connectivity index (χ1v) is 9.83. The van der Waals surface area contributed by atoms with E-state index in [-0.39, 0.29) is 29.6 Å². The number of imide groups is 1. The number of ether oxygens (including phenoxy) is 3. The zero-order chi connectivity index (χ0) is 21.7. The van der Waals surface area contributed by atoms with Crippen molar-refractivity contribution >= 4 is 40.6 Å². The lowest BCUT2D eigenvalue weighted by Crippen LogP contribution is -2.32. The minimum Gasteiger partial charge on any atom is -0.493 e. The van der Waals surface area contributed by atoms with Crippen LogP contribution in [0.3, 0.4) is 0 Å². The Balaban J connectivity index is 1.66. The average molecular weight is 456 g/mol. The highest BCUT2D eigenvalue weighted by atomic mass is 35.5. The minimum atomic E-state index is -2.99. The SMILES string of the molecule is COc1cc(/C=C2\SC(=O)N(CCOc3ccc(Cl)cc3)C2=O)ccc1OC(F)F. The van der Waals surface area contributed by atoms with Gasteiger partial charge in [0.05, 0.1) is 18.6 Å². The monoisotopic (exact) mass is 455 g/mol. The van der Waals surface area contributed by atoms with Crippen molar-refractivity contribution in [3.05, 3.63) is 58.0 Å². The summed E-state index contributed by atoms with van der Waals surface area (Å²) in [7, 11) is 1.31. The molecule has 0 bridgehead atoms. The van der Waals surface area contributed by atoms with E-state index >= 15 is 0 Å². The van der Waals surface area contributed by atoms with Gasteiger partial charge in [0.15, 0.2) is 11.5 Å². The third kappa shape index (κ3) is 5.43. The van der Waals surface area contributed by atoms with Crippen LogP contribution in [0.1, 0.15) is 5.56 Å². The molecule has 1 fully saturated rings. The van der Waals surface area contributed by atoms with Gasteiger partial charge >= 0.3 is 6.61 Å². The normalized spacial score (nSPS) is 15.2. The number of benzene rings is 2. The molecule has 1 aliphatic rings. The predicted molar refractivity (Wildman–Crippen MR) is 109 cm³/mol. The Morgan fingerprint density at radius 1 is 1.13 bits per heavy atom. The second kappa shape index (κ2) is 9.82. The zero-order valence-corrected chi connectivity index (χ0v) is 17.2. The van der Waals surface area contributed by atoms with Crippen LogP contribution in [0.15, 0.2) is 47.4 Å². The van der Waals surface area contributed by atoms with Crippen molar-refractivity contribution in [1.29, 1.82) is 0 Å². The van der Waals surface area contributed by atoms with E-state index < -0.39 is 17.8 Å². The number of halogens is 3. The molecule has 0 aromatic heterocycles. The number of nitrogens with zero attached hydrogens (tertiary/aromatic N) is 1. The van der Waals surface area contributed by atoms with Gasteiger partial charge in [0.2, 0.25) is 0 Å². The van der Waals surface area contributed by atoms with Crippen LogP contribution in [-0.2, 0) is 4.79 Å². The third-order valence-corrected chi connectivity index (χ3v) is 5.13. The number of alkyl halides is 2. The van der Waals surface area contributed by atoms with Crippen LogP contribution in [-0.4, -0.2) is 42.9 Å². The second-order valence-electron chi connectivity index (χ2n) is 5.92. The fourth-order valence-electron chi connectivity index (χ4n) is 2.60. The van der Waals surface area contributed by atoms with Crippen LogP contribution in [0.5, 0.6) is 17.2 Å². The van der Waals surface area contributed by atoms with Crippen molar-refractivity contribution < 1.29 is 32.6 Å². The smallest absolute Gasteiger partial charge is 0.387 e. The van der Waals surface area contributed by atoms with Gasteiger partial charge in [0, 0.05) is 5.02 Å². The van der Waals surface area contributed by atoms with Crippen LogP contribution in [0.2, 0.25) is 5.02 Å². The summed E-state index contributed by atoms with van der Waals surface area (Å²) in [6, 6.07) is 10.9. The number of methoxy groups -OCH3 is 1. The molecule has 2 amide bonds. The molecular formula is C20H16ClF2NO5S. The molecule has 2 aromatic carbocycles. The maximum atomic E-state index is 12.6. The van der Waals surface area contributed by atoms with Gasteiger partial charge in [-0.3, -0.25) is 14.5 Å². The van der Waals surface area contributed by atoms with Crippen molar-refractivity contribution in [2.24, 2.45) is 0 Å². The Bertz CT molecular complexity index is 968. The summed E-state index contributed by atoms with van der Waals surface area (Å²) < 4.78 is 39.8. The average Bonchev–Trinajstić information content (AvgIpc) is 2.97. The van der Waals surface area contributed by atoms with Crippen LogP contribution in [0, 0.1) is 0 Å². The highest BCUT2D eigenvalue weighted by Gasteiger charge is 2.34. The van der Waals surface area contributed by atoms with Gasteiger partial charge in [0.25, 0.3) is 11.1 Å². The number of hydrogen-bond acceptors (Lipinski definition) is 6. The largest absolute Gasteiger partial charge is 0.493 e. The van der Waals surface area contributed by atoms with E-state index in [1.54, 1.807) is 24.3 Å². The summed E-state index contributed by atoms with van der Waals surface area (Å²) in [6.07, 6.45) is 1.49. The molecule has 0 radical (unpaired) electrons. The number of thioether (sulfide) groups is 1. The van der Waals surface area contributed by atoms with Crippen molar-refractivity contribution in [2.75, 3.05) is 20.3 Å². The number of carbonyl (C=O) groups is 2. The maximum Gasteiger partial charge on any atom is 0.387 e. The Kier molecular flexibility index (Phi) is 7.17. The standard InChI is InChI=1S/C20H16ClF2NO5S/c1-27-16-10-12(2-7-15(16)29-19(22)23)11-17-18(25)24(20(26)30-17)8-9-28-14-5-3-13(21)4-6-14/h2-7,10-11,19H,8-9H2,1H3/b17-11-. The van der Waals surface area contributed by atoms with Crippen LogP contribution in [0.25, 0.3) is 6.08 Å². The molecule has 1 aliphatic heterocycles. The quantitative estimate of drug-likeness (QED) is 0.518. The van der Waals surface area contributed by atoms with Gasteiger partial charge in [-0.1, -0.05) is 17.7 Å². The summed E-state index contributed by atoms with van der Waals surface area (Å²) in [4.78, 5) is 26.0. The topological polar surface area (TPSA) is 65.1 Å². The summed E-state index contributed by atoms with van der Waals surface area (Å²) >= 11 is 6.60. The first kappa shape index (κ1) is 21.9. The molecule has 0 aliphatic carbocycles. The van der Waals surface area contributed by atoms with Crippen molar-refractivity contribution in [2.45, 2.75) is 6.61 Å². The summed E-state index contributed by atoms with van der Waals surface area (Å²) in [5.41, 5.74) is 0.497. The molecule has 1 heterocycles. The highest BCUT2D eigenvalue weighted by molar-refractivity contribution is 8.18. The molecule has 30 heavy (non-hydrogen) atoms. The van der Waals surface area contributed by atoms with Gasteiger partial charge in [-0.2, -0.15) is 8.78 Å². The summed E-state index contributed by atoms with van der Waals surface area (Å²) in [5, 5.41) is 0.152. The summed E-state index contributed by atoms with van der Waals surface area (Å²) in [6.45, 7) is -2.79. The Morgan fingerprint density at radius 2 is 1.87 bits per heavy atom.